The summed E-state index contributed by atoms with van der Waals surface area (Å²) in [5.74, 6) is 0.531. The van der Waals surface area contributed by atoms with Crippen molar-refractivity contribution in [2.45, 2.75) is 13.5 Å². The number of nitrogens with one attached hydrogen (secondary N) is 2. The van der Waals surface area contributed by atoms with Crippen molar-refractivity contribution in [3.05, 3.63) is 44.7 Å². The molecule has 0 aliphatic rings. The molecular formula is C11H13N3O4. The molecular weight excluding hydrogens is 238 g/mol. The van der Waals surface area contributed by atoms with Crippen molar-refractivity contribution in [3.63, 3.8) is 0 Å². The predicted octanol–water partition coefficient (Wildman–Crippen LogP) is -0.255. The third-order valence-electron chi connectivity index (χ3n) is 2.46. The lowest BCUT2D eigenvalue weighted by atomic mass is 10.2. The highest BCUT2D eigenvalue weighted by Crippen LogP contribution is 2.21. The summed E-state index contributed by atoms with van der Waals surface area (Å²) in [5, 5.41) is 13.6. The SMILES string of the molecule is CCOc1ccc(-n2c(=O)[nH][nH]c2=O)cc1CO. The van der Waals surface area contributed by atoms with Crippen molar-refractivity contribution in [2.75, 3.05) is 6.61 Å². The Bertz CT molecular complexity index is 625. The highest BCUT2D eigenvalue weighted by Gasteiger charge is 2.09. The van der Waals surface area contributed by atoms with E-state index in [1.807, 2.05) is 6.92 Å². The molecule has 2 aromatic rings. The van der Waals surface area contributed by atoms with Gasteiger partial charge in [-0.15, -0.1) is 0 Å². The van der Waals surface area contributed by atoms with Gasteiger partial charge in [0, 0.05) is 5.56 Å². The molecule has 1 aromatic heterocycles. The van der Waals surface area contributed by atoms with Crippen LogP contribution < -0.4 is 16.1 Å². The molecule has 0 bridgehead atoms. The van der Waals surface area contributed by atoms with E-state index in [0.29, 0.717) is 23.6 Å². The molecule has 0 radical (unpaired) electrons. The number of aliphatic hydroxyl groups is 1. The molecule has 18 heavy (non-hydrogen) atoms. The fourth-order valence-corrected chi connectivity index (χ4v) is 1.67. The third-order valence-corrected chi connectivity index (χ3v) is 2.46. The van der Waals surface area contributed by atoms with Crippen molar-refractivity contribution < 1.29 is 9.84 Å². The summed E-state index contributed by atoms with van der Waals surface area (Å²) in [6.45, 7) is 2.06. The topological polar surface area (TPSA) is 100 Å². The van der Waals surface area contributed by atoms with Crippen LogP contribution in [0.25, 0.3) is 5.69 Å². The first-order valence-corrected chi connectivity index (χ1v) is 5.44. The van der Waals surface area contributed by atoms with Crippen molar-refractivity contribution in [2.24, 2.45) is 0 Å². The number of rotatable bonds is 4. The van der Waals surface area contributed by atoms with Crippen LogP contribution in [0.15, 0.2) is 27.8 Å². The molecule has 96 valence electrons. The summed E-state index contributed by atoms with van der Waals surface area (Å²) >= 11 is 0. The van der Waals surface area contributed by atoms with E-state index in [1.54, 1.807) is 12.1 Å². The minimum absolute atomic E-state index is 0.236. The molecule has 0 fully saturated rings. The molecule has 7 nitrogen and oxygen atoms in total. The van der Waals surface area contributed by atoms with Gasteiger partial charge in [0.05, 0.1) is 18.9 Å². The normalized spacial score (nSPS) is 10.6. The van der Waals surface area contributed by atoms with Gasteiger partial charge in [0.25, 0.3) is 0 Å². The van der Waals surface area contributed by atoms with Crippen LogP contribution in [0, 0.1) is 0 Å². The molecule has 0 atom stereocenters. The van der Waals surface area contributed by atoms with E-state index in [0.717, 1.165) is 4.57 Å². The molecule has 0 aliphatic heterocycles. The van der Waals surface area contributed by atoms with Crippen molar-refractivity contribution >= 4 is 0 Å². The lowest BCUT2D eigenvalue weighted by molar-refractivity contribution is 0.267. The second-order valence-corrected chi connectivity index (χ2v) is 3.58. The van der Waals surface area contributed by atoms with Crippen molar-refractivity contribution in [1.82, 2.24) is 14.8 Å². The minimum atomic E-state index is -0.562. The average Bonchev–Trinajstić information content (AvgIpc) is 2.70. The standard InChI is InChI=1S/C11H13N3O4/c1-2-18-9-4-3-8(5-7(9)6-15)14-10(16)12-13-11(14)17/h3-5,15H,2,6H2,1H3,(H,12,16)(H,13,17). The number of aromatic nitrogens is 3. The number of aromatic amines is 2. The molecule has 0 saturated heterocycles. The Balaban J connectivity index is 2.54. The van der Waals surface area contributed by atoms with E-state index in [1.165, 1.54) is 6.07 Å². The van der Waals surface area contributed by atoms with Gasteiger partial charge in [-0.05, 0) is 25.1 Å². The zero-order valence-electron chi connectivity index (χ0n) is 9.77. The Morgan fingerprint density at radius 2 is 1.94 bits per heavy atom. The Hall–Kier alpha value is -2.28. The first-order chi connectivity index (χ1) is 8.67. The summed E-state index contributed by atoms with van der Waals surface area (Å²) in [6, 6.07) is 4.73. The van der Waals surface area contributed by atoms with Crippen LogP contribution >= 0.6 is 0 Å². The fourth-order valence-electron chi connectivity index (χ4n) is 1.67. The van der Waals surface area contributed by atoms with Crippen LogP contribution in [0.3, 0.4) is 0 Å². The van der Waals surface area contributed by atoms with Gasteiger partial charge in [-0.3, -0.25) is 0 Å². The molecule has 1 aromatic carbocycles. The van der Waals surface area contributed by atoms with Gasteiger partial charge in [0.2, 0.25) is 0 Å². The largest absolute Gasteiger partial charge is 0.494 e. The van der Waals surface area contributed by atoms with Crippen LogP contribution in [-0.4, -0.2) is 26.5 Å². The summed E-state index contributed by atoms with van der Waals surface area (Å²) in [6.07, 6.45) is 0. The van der Waals surface area contributed by atoms with Crippen LogP contribution in [0.4, 0.5) is 0 Å². The quantitative estimate of drug-likeness (QED) is 0.697. The van der Waals surface area contributed by atoms with Crippen LogP contribution in [0.2, 0.25) is 0 Å². The predicted molar refractivity (Wildman–Crippen MR) is 64.1 cm³/mol. The van der Waals surface area contributed by atoms with Crippen LogP contribution in [0.1, 0.15) is 12.5 Å². The average molecular weight is 251 g/mol. The zero-order valence-corrected chi connectivity index (χ0v) is 9.77. The van der Waals surface area contributed by atoms with E-state index in [4.69, 9.17) is 4.74 Å². The molecule has 1 heterocycles. The Morgan fingerprint density at radius 1 is 1.28 bits per heavy atom. The number of benzene rings is 1. The third kappa shape index (κ3) is 2.07. The van der Waals surface area contributed by atoms with E-state index in [9.17, 15) is 14.7 Å². The second-order valence-electron chi connectivity index (χ2n) is 3.58. The summed E-state index contributed by atoms with van der Waals surface area (Å²) in [4.78, 5) is 22.9. The number of hydrogen-bond donors (Lipinski definition) is 3. The highest BCUT2D eigenvalue weighted by atomic mass is 16.5. The van der Waals surface area contributed by atoms with E-state index in [2.05, 4.69) is 10.2 Å². The van der Waals surface area contributed by atoms with Crippen molar-refractivity contribution in [1.29, 1.82) is 0 Å². The van der Waals surface area contributed by atoms with Crippen LogP contribution in [-0.2, 0) is 6.61 Å². The number of ether oxygens (including phenoxy) is 1. The maximum Gasteiger partial charge on any atom is 0.348 e. The van der Waals surface area contributed by atoms with Gasteiger partial charge in [-0.1, -0.05) is 0 Å². The summed E-state index contributed by atoms with van der Waals surface area (Å²) in [5.41, 5.74) is -0.238. The Kier molecular flexibility index (Phi) is 3.33. The van der Waals surface area contributed by atoms with E-state index >= 15 is 0 Å². The molecule has 0 saturated carbocycles. The fraction of sp³-hybridized carbons (Fsp3) is 0.273. The number of nitrogens with zero attached hydrogens (tertiary/aromatic N) is 1. The molecule has 2 rings (SSSR count). The Labute approximate surface area is 102 Å². The molecule has 3 N–H and O–H groups in total. The second kappa shape index (κ2) is 4.92. The lowest BCUT2D eigenvalue weighted by Crippen LogP contribution is -2.24. The molecule has 0 aliphatic carbocycles. The lowest BCUT2D eigenvalue weighted by Gasteiger charge is -2.09. The molecule has 0 spiro atoms. The molecule has 0 unspecified atom stereocenters. The van der Waals surface area contributed by atoms with Gasteiger partial charge in [-0.25, -0.2) is 24.4 Å². The first kappa shape index (κ1) is 12.2. The van der Waals surface area contributed by atoms with Gasteiger partial charge in [-0.2, -0.15) is 0 Å². The van der Waals surface area contributed by atoms with Gasteiger partial charge < -0.3 is 9.84 Å². The smallest absolute Gasteiger partial charge is 0.348 e. The summed E-state index contributed by atoms with van der Waals surface area (Å²) < 4.78 is 6.26. The van der Waals surface area contributed by atoms with Crippen LogP contribution in [0.5, 0.6) is 5.75 Å². The summed E-state index contributed by atoms with van der Waals surface area (Å²) in [7, 11) is 0. The van der Waals surface area contributed by atoms with E-state index < -0.39 is 11.4 Å². The highest BCUT2D eigenvalue weighted by molar-refractivity contribution is 5.43. The minimum Gasteiger partial charge on any atom is -0.494 e. The number of hydrogen-bond acceptors (Lipinski definition) is 4. The van der Waals surface area contributed by atoms with E-state index in [-0.39, 0.29) is 6.61 Å². The monoisotopic (exact) mass is 251 g/mol. The first-order valence-electron chi connectivity index (χ1n) is 5.44. The van der Waals surface area contributed by atoms with Gasteiger partial charge in [0.15, 0.2) is 0 Å². The number of aliphatic hydroxyl groups excluding tert-OH is 1. The molecule has 7 heteroatoms. The number of H-pyrrole nitrogens is 2. The zero-order chi connectivity index (χ0) is 13.1. The maximum absolute atomic E-state index is 11.4. The molecule has 0 amide bonds. The van der Waals surface area contributed by atoms with Gasteiger partial charge in [0.1, 0.15) is 5.75 Å². The Morgan fingerprint density at radius 3 is 2.50 bits per heavy atom. The maximum atomic E-state index is 11.4. The van der Waals surface area contributed by atoms with Gasteiger partial charge >= 0.3 is 11.4 Å². The van der Waals surface area contributed by atoms with Crippen molar-refractivity contribution in [3.8, 4) is 11.4 Å².